The van der Waals surface area contributed by atoms with Crippen LogP contribution < -0.4 is 0 Å². The van der Waals surface area contributed by atoms with E-state index in [9.17, 15) is 0 Å². The molecule has 33 heavy (non-hydrogen) atoms. The summed E-state index contributed by atoms with van der Waals surface area (Å²) in [4.78, 5) is 14.9. The Balaban J connectivity index is 1.64. The number of halogens is 1. The summed E-state index contributed by atoms with van der Waals surface area (Å²) in [6.07, 6.45) is 0. The van der Waals surface area contributed by atoms with Gasteiger partial charge in [0.1, 0.15) is 0 Å². The Morgan fingerprint density at radius 1 is 0.424 bits per heavy atom. The number of hydrogen-bond acceptors (Lipinski definition) is 3. The Morgan fingerprint density at radius 3 is 1.42 bits per heavy atom. The van der Waals surface area contributed by atoms with Crippen molar-refractivity contribution in [1.82, 2.24) is 15.0 Å². The number of benzene rings is 5. The molecular formula is C29H18IN3. The van der Waals surface area contributed by atoms with Gasteiger partial charge in [0.25, 0.3) is 0 Å². The maximum atomic E-state index is 4.99. The Hall–Kier alpha value is -3.64. The number of rotatable bonds is 3. The first-order chi connectivity index (χ1) is 16.3. The highest BCUT2D eigenvalue weighted by molar-refractivity contribution is 14.1. The molecule has 6 aromatic rings. The van der Waals surface area contributed by atoms with E-state index in [1.54, 1.807) is 0 Å². The fourth-order valence-corrected chi connectivity index (χ4v) is 4.55. The lowest BCUT2D eigenvalue weighted by Crippen LogP contribution is -2.01. The third kappa shape index (κ3) is 3.76. The maximum Gasteiger partial charge on any atom is 0.164 e. The number of hydrogen-bond donors (Lipinski definition) is 0. The second-order valence-corrected chi connectivity index (χ2v) is 9.11. The molecular weight excluding hydrogens is 517 g/mol. The normalized spacial score (nSPS) is 11.2. The number of aromatic nitrogens is 3. The van der Waals surface area contributed by atoms with Crippen molar-refractivity contribution in [2.24, 2.45) is 0 Å². The molecule has 0 aliphatic carbocycles. The summed E-state index contributed by atoms with van der Waals surface area (Å²) < 4.78 is 1.17. The zero-order chi connectivity index (χ0) is 22.2. The minimum Gasteiger partial charge on any atom is -0.208 e. The van der Waals surface area contributed by atoms with Gasteiger partial charge in [0.2, 0.25) is 0 Å². The van der Waals surface area contributed by atoms with Crippen LogP contribution in [0, 0.1) is 3.57 Å². The third-order valence-electron chi connectivity index (χ3n) is 5.80. The van der Waals surface area contributed by atoms with Crippen LogP contribution >= 0.6 is 22.6 Å². The Morgan fingerprint density at radius 2 is 0.879 bits per heavy atom. The fourth-order valence-electron chi connectivity index (χ4n) is 4.19. The average Bonchev–Trinajstić information content (AvgIpc) is 2.88. The number of nitrogens with zero attached hydrogens (tertiary/aromatic N) is 3. The average molecular weight is 535 g/mol. The largest absolute Gasteiger partial charge is 0.208 e. The molecule has 156 valence electrons. The molecule has 4 heteroatoms. The highest BCUT2D eigenvalue weighted by atomic mass is 127. The topological polar surface area (TPSA) is 38.7 Å². The van der Waals surface area contributed by atoms with Gasteiger partial charge in [0, 0.05) is 20.3 Å². The predicted molar refractivity (Wildman–Crippen MR) is 144 cm³/mol. The molecule has 0 aliphatic rings. The van der Waals surface area contributed by atoms with Gasteiger partial charge >= 0.3 is 0 Å². The van der Waals surface area contributed by atoms with Gasteiger partial charge in [0.15, 0.2) is 17.5 Å². The van der Waals surface area contributed by atoms with Crippen LogP contribution in [0.5, 0.6) is 0 Å². The molecule has 0 bridgehead atoms. The number of fused-ring (bicyclic) bond motifs is 2. The molecule has 0 amide bonds. The Kier molecular flexibility index (Phi) is 5.07. The first-order valence-electron chi connectivity index (χ1n) is 10.7. The van der Waals surface area contributed by atoms with Gasteiger partial charge in [-0.05, 0) is 56.3 Å². The van der Waals surface area contributed by atoms with Crippen LogP contribution in [0.4, 0.5) is 0 Å². The second kappa shape index (κ2) is 8.37. The summed E-state index contributed by atoms with van der Waals surface area (Å²) in [5, 5.41) is 4.59. The molecule has 0 atom stereocenters. The van der Waals surface area contributed by atoms with E-state index in [2.05, 4.69) is 132 Å². The minimum atomic E-state index is 0.673. The predicted octanol–water partition coefficient (Wildman–Crippen LogP) is 7.78. The zero-order valence-corrected chi connectivity index (χ0v) is 19.8. The van der Waals surface area contributed by atoms with E-state index in [0.717, 1.165) is 38.2 Å². The molecule has 0 fully saturated rings. The summed E-state index contributed by atoms with van der Waals surface area (Å²) in [5.41, 5.74) is 2.98. The molecule has 1 aromatic heterocycles. The lowest BCUT2D eigenvalue weighted by atomic mass is 10.0. The van der Waals surface area contributed by atoms with Crippen molar-refractivity contribution in [3.05, 3.63) is 113 Å². The van der Waals surface area contributed by atoms with E-state index in [0.29, 0.717) is 17.5 Å². The molecule has 6 rings (SSSR count). The maximum absolute atomic E-state index is 4.99. The van der Waals surface area contributed by atoms with Crippen LogP contribution in [0.2, 0.25) is 0 Å². The Bertz CT molecular complexity index is 1520. The lowest BCUT2D eigenvalue weighted by molar-refractivity contribution is 1.08. The highest BCUT2D eigenvalue weighted by Crippen LogP contribution is 2.32. The third-order valence-corrected chi connectivity index (χ3v) is 6.52. The van der Waals surface area contributed by atoms with Crippen LogP contribution in [-0.2, 0) is 0 Å². The van der Waals surface area contributed by atoms with Crippen LogP contribution in [0.3, 0.4) is 0 Å². The van der Waals surface area contributed by atoms with E-state index in [1.165, 1.54) is 3.57 Å². The summed E-state index contributed by atoms with van der Waals surface area (Å²) in [7, 11) is 0. The van der Waals surface area contributed by atoms with Crippen molar-refractivity contribution in [3.8, 4) is 34.2 Å². The SMILES string of the molecule is Ic1ccc(-c2nc(-c3cccc4ccccc34)nc(-c3cccc4ccccc34)n2)cc1. The van der Waals surface area contributed by atoms with Gasteiger partial charge in [-0.3, -0.25) is 0 Å². The molecule has 3 nitrogen and oxygen atoms in total. The lowest BCUT2D eigenvalue weighted by Gasteiger charge is -2.11. The van der Waals surface area contributed by atoms with Gasteiger partial charge in [-0.1, -0.05) is 97.1 Å². The van der Waals surface area contributed by atoms with Gasteiger partial charge in [-0.25, -0.2) is 15.0 Å². The monoisotopic (exact) mass is 535 g/mol. The summed E-state index contributed by atoms with van der Waals surface area (Å²) >= 11 is 2.31. The molecule has 5 aromatic carbocycles. The Labute approximate surface area is 205 Å². The summed E-state index contributed by atoms with van der Waals surface area (Å²) in [6, 6.07) is 37.5. The van der Waals surface area contributed by atoms with Crippen LogP contribution in [0.15, 0.2) is 109 Å². The summed E-state index contributed by atoms with van der Waals surface area (Å²) in [5.74, 6) is 2.03. The zero-order valence-electron chi connectivity index (χ0n) is 17.6. The second-order valence-electron chi connectivity index (χ2n) is 7.87. The van der Waals surface area contributed by atoms with Gasteiger partial charge in [-0.15, -0.1) is 0 Å². The van der Waals surface area contributed by atoms with Crippen molar-refractivity contribution in [2.75, 3.05) is 0 Å². The van der Waals surface area contributed by atoms with Gasteiger partial charge < -0.3 is 0 Å². The highest BCUT2D eigenvalue weighted by Gasteiger charge is 2.15. The molecule has 0 N–H and O–H groups in total. The van der Waals surface area contributed by atoms with Crippen LogP contribution in [0.1, 0.15) is 0 Å². The van der Waals surface area contributed by atoms with Gasteiger partial charge in [-0.2, -0.15) is 0 Å². The van der Waals surface area contributed by atoms with Crippen molar-refractivity contribution < 1.29 is 0 Å². The van der Waals surface area contributed by atoms with Crippen molar-refractivity contribution in [2.45, 2.75) is 0 Å². The first-order valence-corrected chi connectivity index (χ1v) is 11.8. The van der Waals surface area contributed by atoms with Crippen LogP contribution in [-0.4, -0.2) is 15.0 Å². The fraction of sp³-hybridized carbons (Fsp3) is 0. The van der Waals surface area contributed by atoms with Crippen molar-refractivity contribution >= 4 is 44.1 Å². The van der Waals surface area contributed by atoms with E-state index < -0.39 is 0 Å². The standard InChI is InChI=1S/C29H18IN3/c30-22-17-15-21(16-18-22)27-31-28(25-13-5-9-19-7-1-3-11-23(19)25)33-29(32-27)26-14-6-10-20-8-2-4-12-24(20)26/h1-18H. The van der Waals surface area contributed by atoms with E-state index >= 15 is 0 Å². The molecule has 0 saturated heterocycles. The van der Waals surface area contributed by atoms with E-state index in [4.69, 9.17) is 15.0 Å². The molecule has 0 spiro atoms. The summed E-state index contributed by atoms with van der Waals surface area (Å²) in [6.45, 7) is 0. The molecule has 0 aliphatic heterocycles. The molecule has 1 heterocycles. The van der Waals surface area contributed by atoms with Crippen molar-refractivity contribution in [3.63, 3.8) is 0 Å². The molecule has 0 radical (unpaired) electrons. The molecule has 0 unspecified atom stereocenters. The molecule has 0 saturated carbocycles. The smallest absolute Gasteiger partial charge is 0.164 e. The van der Waals surface area contributed by atoms with E-state index in [1.807, 2.05) is 0 Å². The minimum absolute atomic E-state index is 0.673. The van der Waals surface area contributed by atoms with Crippen LogP contribution in [0.25, 0.3) is 55.7 Å². The van der Waals surface area contributed by atoms with Gasteiger partial charge in [0.05, 0.1) is 0 Å². The van der Waals surface area contributed by atoms with E-state index in [-0.39, 0.29) is 0 Å². The quantitative estimate of drug-likeness (QED) is 0.217. The first kappa shape index (κ1) is 20.0. The van der Waals surface area contributed by atoms with Crippen molar-refractivity contribution in [1.29, 1.82) is 0 Å².